The zero-order valence-corrected chi connectivity index (χ0v) is 13.2. The van der Waals surface area contributed by atoms with Crippen LogP contribution in [0.1, 0.15) is 40.5 Å². The summed E-state index contributed by atoms with van der Waals surface area (Å²) in [6, 6.07) is 9.15. The minimum atomic E-state index is -0.225. The Hall–Kier alpha value is -2.76. The minimum Gasteiger partial charge on any atom is -0.343 e. The SMILES string of the molecule is O=C(NCC(=O)N1[C@H]2CC[C@H]1c1cncnc1C2)c1ccccc1. The largest absolute Gasteiger partial charge is 0.343 e. The van der Waals surface area contributed by atoms with Crippen LogP contribution in [0.15, 0.2) is 42.9 Å². The molecule has 2 amide bonds. The lowest BCUT2D eigenvalue weighted by atomic mass is 9.99. The molecule has 1 aromatic heterocycles. The van der Waals surface area contributed by atoms with Crippen LogP contribution in [0.25, 0.3) is 0 Å². The number of benzene rings is 1. The van der Waals surface area contributed by atoms with E-state index in [0.717, 1.165) is 30.5 Å². The molecule has 0 spiro atoms. The van der Waals surface area contributed by atoms with Gasteiger partial charge in [0.2, 0.25) is 5.91 Å². The van der Waals surface area contributed by atoms with Crippen LogP contribution in [0.3, 0.4) is 0 Å². The fraction of sp³-hybridized carbons (Fsp3) is 0.333. The van der Waals surface area contributed by atoms with Crippen molar-refractivity contribution in [2.24, 2.45) is 0 Å². The molecule has 0 aliphatic carbocycles. The highest BCUT2D eigenvalue weighted by molar-refractivity contribution is 5.96. The van der Waals surface area contributed by atoms with E-state index in [1.54, 1.807) is 30.6 Å². The molecule has 4 rings (SSSR count). The van der Waals surface area contributed by atoms with E-state index >= 15 is 0 Å². The van der Waals surface area contributed by atoms with Gasteiger partial charge in [0.05, 0.1) is 18.3 Å². The van der Waals surface area contributed by atoms with Gasteiger partial charge in [-0.3, -0.25) is 9.59 Å². The lowest BCUT2D eigenvalue weighted by molar-refractivity contribution is -0.133. The van der Waals surface area contributed by atoms with Gasteiger partial charge in [0, 0.05) is 29.8 Å². The Morgan fingerprint density at radius 2 is 2.04 bits per heavy atom. The van der Waals surface area contributed by atoms with Gasteiger partial charge in [-0.05, 0) is 25.0 Å². The first-order chi connectivity index (χ1) is 11.7. The van der Waals surface area contributed by atoms with Crippen molar-refractivity contribution in [3.8, 4) is 0 Å². The lowest BCUT2D eigenvalue weighted by Crippen LogP contribution is -2.46. The number of fused-ring (bicyclic) bond motifs is 4. The average molecular weight is 322 g/mol. The monoisotopic (exact) mass is 322 g/mol. The number of carbonyl (C=O) groups is 2. The molecule has 2 aliphatic heterocycles. The molecule has 6 heteroatoms. The van der Waals surface area contributed by atoms with E-state index in [-0.39, 0.29) is 30.4 Å². The van der Waals surface area contributed by atoms with Crippen molar-refractivity contribution in [2.75, 3.05) is 6.54 Å². The quantitative estimate of drug-likeness (QED) is 0.929. The maximum absolute atomic E-state index is 12.7. The van der Waals surface area contributed by atoms with Crippen molar-refractivity contribution in [2.45, 2.75) is 31.3 Å². The van der Waals surface area contributed by atoms with Gasteiger partial charge in [-0.15, -0.1) is 0 Å². The third kappa shape index (κ3) is 2.54. The summed E-state index contributed by atoms with van der Waals surface area (Å²) in [5, 5.41) is 2.73. The first kappa shape index (κ1) is 14.8. The van der Waals surface area contributed by atoms with Gasteiger partial charge < -0.3 is 10.2 Å². The highest BCUT2D eigenvalue weighted by atomic mass is 16.2. The molecule has 1 N–H and O–H groups in total. The van der Waals surface area contributed by atoms with Crippen molar-refractivity contribution >= 4 is 11.8 Å². The summed E-state index contributed by atoms with van der Waals surface area (Å²) in [5.41, 5.74) is 2.66. The van der Waals surface area contributed by atoms with Crippen LogP contribution < -0.4 is 5.32 Å². The predicted molar refractivity (Wildman–Crippen MR) is 87.1 cm³/mol. The van der Waals surface area contributed by atoms with Gasteiger partial charge in [0.15, 0.2) is 0 Å². The molecule has 6 nitrogen and oxygen atoms in total. The predicted octanol–water partition coefficient (Wildman–Crippen LogP) is 1.49. The molecule has 1 fully saturated rings. The normalized spacial score (nSPS) is 21.2. The summed E-state index contributed by atoms with van der Waals surface area (Å²) in [6.45, 7) is 0.0176. The molecule has 2 aliphatic rings. The fourth-order valence-corrected chi connectivity index (χ4v) is 3.74. The number of aromatic nitrogens is 2. The summed E-state index contributed by atoms with van der Waals surface area (Å²) in [5.74, 6) is -0.265. The Morgan fingerprint density at radius 3 is 2.88 bits per heavy atom. The van der Waals surface area contributed by atoms with Crippen molar-refractivity contribution in [1.82, 2.24) is 20.2 Å². The van der Waals surface area contributed by atoms with Crippen LogP contribution in [0, 0.1) is 0 Å². The highest BCUT2D eigenvalue weighted by Crippen LogP contribution is 2.42. The van der Waals surface area contributed by atoms with E-state index in [2.05, 4.69) is 15.3 Å². The second-order valence-electron chi connectivity index (χ2n) is 6.23. The number of rotatable bonds is 3. The Balaban J connectivity index is 1.45. The topological polar surface area (TPSA) is 75.2 Å². The van der Waals surface area contributed by atoms with E-state index < -0.39 is 0 Å². The van der Waals surface area contributed by atoms with Gasteiger partial charge >= 0.3 is 0 Å². The number of amides is 2. The number of nitrogens with one attached hydrogen (secondary N) is 1. The van der Waals surface area contributed by atoms with Crippen LogP contribution in [0.5, 0.6) is 0 Å². The maximum Gasteiger partial charge on any atom is 0.251 e. The van der Waals surface area contributed by atoms with E-state index in [1.165, 1.54) is 0 Å². The first-order valence-electron chi connectivity index (χ1n) is 8.17. The zero-order valence-electron chi connectivity index (χ0n) is 13.2. The summed E-state index contributed by atoms with van der Waals surface area (Å²) in [4.78, 5) is 35.1. The van der Waals surface area contributed by atoms with Crippen LogP contribution in [-0.4, -0.2) is 39.3 Å². The molecule has 2 bridgehead atoms. The highest BCUT2D eigenvalue weighted by Gasteiger charge is 2.42. The maximum atomic E-state index is 12.7. The number of hydrogen-bond donors (Lipinski definition) is 1. The molecule has 0 saturated carbocycles. The second-order valence-corrected chi connectivity index (χ2v) is 6.23. The fourth-order valence-electron chi connectivity index (χ4n) is 3.74. The van der Waals surface area contributed by atoms with Crippen molar-refractivity contribution in [3.63, 3.8) is 0 Å². The Bertz CT molecular complexity index is 778. The van der Waals surface area contributed by atoms with Gasteiger partial charge in [-0.1, -0.05) is 18.2 Å². The van der Waals surface area contributed by atoms with Crippen LogP contribution in [-0.2, 0) is 11.2 Å². The molecule has 0 unspecified atom stereocenters. The molecule has 1 saturated heterocycles. The van der Waals surface area contributed by atoms with Gasteiger partial charge in [0.25, 0.3) is 5.91 Å². The van der Waals surface area contributed by atoms with Gasteiger partial charge in [0.1, 0.15) is 6.33 Å². The third-order valence-electron chi connectivity index (χ3n) is 4.84. The van der Waals surface area contributed by atoms with Crippen LogP contribution in [0.4, 0.5) is 0 Å². The molecular weight excluding hydrogens is 304 g/mol. The number of nitrogens with zero attached hydrogens (tertiary/aromatic N) is 3. The Kier molecular flexibility index (Phi) is 3.72. The van der Waals surface area contributed by atoms with Crippen LogP contribution in [0.2, 0.25) is 0 Å². The van der Waals surface area contributed by atoms with E-state index in [0.29, 0.717) is 5.56 Å². The minimum absolute atomic E-state index is 0.0176. The molecule has 122 valence electrons. The summed E-state index contributed by atoms with van der Waals surface area (Å²) < 4.78 is 0. The Labute approximate surface area is 139 Å². The summed E-state index contributed by atoms with van der Waals surface area (Å²) >= 11 is 0. The molecule has 24 heavy (non-hydrogen) atoms. The third-order valence-corrected chi connectivity index (χ3v) is 4.84. The zero-order chi connectivity index (χ0) is 16.5. The average Bonchev–Trinajstić information content (AvgIpc) is 2.95. The number of carbonyl (C=O) groups excluding carboxylic acids is 2. The molecule has 1 aromatic carbocycles. The summed E-state index contributed by atoms with van der Waals surface area (Å²) in [6.07, 6.45) is 6.06. The van der Waals surface area contributed by atoms with Gasteiger partial charge in [-0.25, -0.2) is 9.97 Å². The van der Waals surface area contributed by atoms with E-state index in [4.69, 9.17) is 0 Å². The van der Waals surface area contributed by atoms with Gasteiger partial charge in [-0.2, -0.15) is 0 Å². The number of hydrogen-bond acceptors (Lipinski definition) is 4. The standard InChI is InChI=1S/C18H18N4O2/c23-17(10-20-18(24)12-4-2-1-3-5-12)22-13-6-7-16(22)14-9-19-11-21-15(14)8-13/h1-5,9,11,13,16H,6-8,10H2,(H,20,24)/t13-,16-/m0/s1. The van der Waals surface area contributed by atoms with Crippen molar-refractivity contribution in [3.05, 3.63) is 59.7 Å². The molecular formula is C18H18N4O2. The van der Waals surface area contributed by atoms with Crippen LogP contribution >= 0.6 is 0 Å². The smallest absolute Gasteiger partial charge is 0.251 e. The lowest BCUT2D eigenvalue weighted by Gasteiger charge is -2.35. The first-order valence-corrected chi connectivity index (χ1v) is 8.17. The van der Waals surface area contributed by atoms with E-state index in [1.807, 2.05) is 17.2 Å². The molecule has 2 aromatic rings. The summed E-state index contributed by atoms with van der Waals surface area (Å²) in [7, 11) is 0. The van der Waals surface area contributed by atoms with Crippen molar-refractivity contribution < 1.29 is 9.59 Å². The molecule has 3 heterocycles. The molecule has 0 radical (unpaired) electrons. The van der Waals surface area contributed by atoms with Crippen molar-refractivity contribution in [1.29, 1.82) is 0 Å². The second kappa shape index (κ2) is 6.03. The Morgan fingerprint density at radius 1 is 1.21 bits per heavy atom. The molecule has 2 atom stereocenters. The van der Waals surface area contributed by atoms with E-state index in [9.17, 15) is 9.59 Å².